The lowest BCUT2D eigenvalue weighted by Gasteiger charge is -2.06. The average Bonchev–Trinajstić information content (AvgIpc) is 2.81. The van der Waals surface area contributed by atoms with Crippen LogP contribution in [0.25, 0.3) is 0 Å². The van der Waals surface area contributed by atoms with Gasteiger partial charge in [0.05, 0.1) is 11.7 Å². The number of hydrogen-bond donors (Lipinski definition) is 1. The highest BCUT2D eigenvalue weighted by Gasteiger charge is 2.14. The zero-order valence-corrected chi connectivity index (χ0v) is 13.3. The van der Waals surface area contributed by atoms with Gasteiger partial charge in [-0.25, -0.2) is 4.98 Å². The highest BCUT2D eigenvalue weighted by Crippen LogP contribution is 2.27. The van der Waals surface area contributed by atoms with Crippen molar-refractivity contribution in [1.29, 1.82) is 0 Å². The van der Waals surface area contributed by atoms with Gasteiger partial charge in [-0.2, -0.15) is 0 Å². The van der Waals surface area contributed by atoms with Gasteiger partial charge >= 0.3 is 0 Å². The highest BCUT2D eigenvalue weighted by molar-refractivity contribution is 7.11. The van der Waals surface area contributed by atoms with Crippen LogP contribution in [0.15, 0.2) is 0 Å². The van der Waals surface area contributed by atoms with Crippen molar-refractivity contribution < 1.29 is 0 Å². The maximum atomic E-state index is 4.91. The number of thiazole rings is 1. The fraction of sp³-hybridized carbons (Fsp3) is 0.812. The van der Waals surface area contributed by atoms with Crippen LogP contribution >= 0.6 is 11.3 Å². The molecule has 0 amide bonds. The minimum atomic E-state index is 0.396. The zero-order valence-electron chi connectivity index (χ0n) is 12.5. The van der Waals surface area contributed by atoms with Gasteiger partial charge in [0, 0.05) is 4.88 Å². The lowest BCUT2D eigenvalue weighted by molar-refractivity contribution is 0.558. The monoisotopic (exact) mass is 280 g/mol. The number of aromatic nitrogens is 1. The molecule has 1 aromatic heterocycles. The van der Waals surface area contributed by atoms with Gasteiger partial charge in [-0.3, -0.25) is 0 Å². The first-order valence-corrected chi connectivity index (χ1v) is 8.78. The van der Waals surface area contributed by atoms with Crippen LogP contribution in [-0.4, -0.2) is 12.0 Å². The van der Waals surface area contributed by atoms with Gasteiger partial charge in [0.15, 0.2) is 0 Å². The molecular formula is C16H28N2S. The van der Waals surface area contributed by atoms with Crippen LogP contribution in [0.3, 0.4) is 0 Å². The van der Waals surface area contributed by atoms with Crippen LogP contribution in [-0.2, 0) is 12.8 Å². The second-order valence-corrected chi connectivity index (χ2v) is 6.88. The topological polar surface area (TPSA) is 24.9 Å². The Morgan fingerprint density at radius 3 is 2.16 bits per heavy atom. The Morgan fingerprint density at radius 1 is 0.947 bits per heavy atom. The van der Waals surface area contributed by atoms with Crippen LogP contribution in [0.1, 0.15) is 79.9 Å². The van der Waals surface area contributed by atoms with E-state index in [2.05, 4.69) is 12.2 Å². The molecule has 108 valence electrons. The first kappa shape index (κ1) is 15.0. The molecule has 1 unspecified atom stereocenters. The van der Waals surface area contributed by atoms with Gasteiger partial charge in [-0.05, 0) is 39.7 Å². The smallest absolute Gasteiger partial charge is 0.110 e. The molecule has 0 aliphatic heterocycles. The second kappa shape index (κ2) is 8.01. The number of hydrogen-bond acceptors (Lipinski definition) is 3. The highest BCUT2D eigenvalue weighted by atomic mass is 32.1. The van der Waals surface area contributed by atoms with E-state index in [-0.39, 0.29) is 0 Å². The molecule has 1 aromatic rings. The Bertz CT molecular complexity index is 343. The summed E-state index contributed by atoms with van der Waals surface area (Å²) in [4.78, 5) is 6.47. The molecule has 0 bridgehead atoms. The lowest BCUT2D eigenvalue weighted by Crippen LogP contribution is -2.11. The maximum absolute atomic E-state index is 4.91. The molecule has 0 aromatic carbocycles. The Balaban J connectivity index is 2.06. The van der Waals surface area contributed by atoms with E-state index in [0.29, 0.717) is 6.04 Å². The van der Waals surface area contributed by atoms with Crippen LogP contribution in [0, 0.1) is 0 Å². The SMILES string of the molecule is CNC(C)c1nc2c(s1)CCCCCCCCCC2. The Kier molecular flexibility index (Phi) is 6.32. The van der Waals surface area contributed by atoms with Crippen molar-refractivity contribution in [2.45, 2.75) is 77.2 Å². The molecule has 0 fully saturated rings. The van der Waals surface area contributed by atoms with Crippen molar-refractivity contribution in [1.82, 2.24) is 10.3 Å². The van der Waals surface area contributed by atoms with Crippen LogP contribution in [0.5, 0.6) is 0 Å². The summed E-state index contributed by atoms with van der Waals surface area (Å²) in [5, 5.41) is 4.59. The normalized spacial score (nSPS) is 20.1. The third-order valence-electron chi connectivity index (χ3n) is 4.17. The summed E-state index contributed by atoms with van der Waals surface area (Å²) in [6.45, 7) is 2.21. The van der Waals surface area contributed by atoms with Crippen molar-refractivity contribution in [2.75, 3.05) is 7.05 Å². The van der Waals surface area contributed by atoms with Crippen molar-refractivity contribution in [3.8, 4) is 0 Å². The molecule has 2 rings (SSSR count). The summed E-state index contributed by atoms with van der Waals surface area (Å²) in [6.07, 6.45) is 13.6. The summed E-state index contributed by atoms with van der Waals surface area (Å²) < 4.78 is 0. The number of fused-ring (bicyclic) bond motifs is 1. The molecular weight excluding hydrogens is 252 g/mol. The molecule has 0 saturated carbocycles. The van der Waals surface area contributed by atoms with E-state index in [9.17, 15) is 0 Å². The molecule has 1 N–H and O–H groups in total. The number of nitrogens with one attached hydrogen (secondary N) is 1. The van der Waals surface area contributed by atoms with Crippen molar-refractivity contribution in [3.05, 3.63) is 15.6 Å². The molecule has 1 heterocycles. The van der Waals surface area contributed by atoms with Crippen molar-refractivity contribution >= 4 is 11.3 Å². The molecule has 19 heavy (non-hydrogen) atoms. The van der Waals surface area contributed by atoms with Crippen LogP contribution in [0.4, 0.5) is 0 Å². The molecule has 1 aliphatic carbocycles. The predicted octanol–water partition coefficient (Wildman–Crippen LogP) is 4.64. The summed E-state index contributed by atoms with van der Waals surface area (Å²) in [6, 6.07) is 0.396. The van der Waals surface area contributed by atoms with Gasteiger partial charge in [-0.15, -0.1) is 11.3 Å². The third-order valence-corrected chi connectivity index (χ3v) is 5.51. The molecule has 3 heteroatoms. The minimum absolute atomic E-state index is 0.396. The zero-order chi connectivity index (χ0) is 13.5. The second-order valence-electron chi connectivity index (χ2n) is 5.76. The first-order valence-electron chi connectivity index (χ1n) is 7.97. The van der Waals surface area contributed by atoms with E-state index in [0.717, 1.165) is 0 Å². The molecule has 1 aliphatic rings. The minimum Gasteiger partial charge on any atom is -0.311 e. The Labute approximate surface area is 122 Å². The van der Waals surface area contributed by atoms with Gasteiger partial charge in [0.25, 0.3) is 0 Å². The first-order chi connectivity index (χ1) is 9.31. The lowest BCUT2D eigenvalue weighted by atomic mass is 10.0. The summed E-state index contributed by atoms with van der Waals surface area (Å²) in [7, 11) is 2.02. The van der Waals surface area contributed by atoms with Crippen LogP contribution in [0.2, 0.25) is 0 Å². The maximum Gasteiger partial charge on any atom is 0.110 e. The van der Waals surface area contributed by atoms with Gasteiger partial charge in [-0.1, -0.05) is 38.5 Å². The summed E-state index contributed by atoms with van der Waals surface area (Å²) in [5.74, 6) is 0. The molecule has 0 saturated heterocycles. The fourth-order valence-electron chi connectivity index (χ4n) is 2.74. The van der Waals surface area contributed by atoms with E-state index in [1.807, 2.05) is 18.4 Å². The third kappa shape index (κ3) is 4.57. The van der Waals surface area contributed by atoms with Gasteiger partial charge < -0.3 is 5.32 Å². The van der Waals surface area contributed by atoms with E-state index in [4.69, 9.17) is 4.98 Å². The van der Waals surface area contributed by atoms with E-state index in [1.165, 1.54) is 74.9 Å². The van der Waals surface area contributed by atoms with E-state index in [1.54, 1.807) is 4.88 Å². The van der Waals surface area contributed by atoms with Crippen molar-refractivity contribution in [2.24, 2.45) is 0 Å². The predicted molar refractivity (Wildman–Crippen MR) is 83.9 cm³/mol. The summed E-state index contributed by atoms with van der Waals surface area (Å²) >= 11 is 1.95. The largest absolute Gasteiger partial charge is 0.311 e. The summed E-state index contributed by atoms with van der Waals surface area (Å²) in [5.41, 5.74) is 1.41. The Hall–Kier alpha value is -0.410. The molecule has 0 spiro atoms. The standard InChI is InChI=1S/C16H28N2S/c1-13(17-2)16-18-14-11-9-7-5-3-4-6-8-10-12-15(14)19-16/h13,17H,3-12H2,1-2H3. The average molecular weight is 280 g/mol. The number of nitrogens with zero attached hydrogens (tertiary/aromatic N) is 1. The van der Waals surface area contributed by atoms with E-state index < -0.39 is 0 Å². The van der Waals surface area contributed by atoms with Crippen molar-refractivity contribution in [3.63, 3.8) is 0 Å². The van der Waals surface area contributed by atoms with E-state index >= 15 is 0 Å². The molecule has 1 atom stereocenters. The van der Waals surface area contributed by atoms with Gasteiger partial charge in [0.2, 0.25) is 0 Å². The number of rotatable bonds is 2. The fourth-order valence-corrected chi connectivity index (χ4v) is 3.96. The quantitative estimate of drug-likeness (QED) is 0.853. The Morgan fingerprint density at radius 2 is 1.53 bits per heavy atom. The van der Waals surface area contributed by atoms with Gasteiger partial charge in [0.1, 0.15) is 5.01 Å². The molecule has 2 nitrogen and oxygen atoms in total. The molecule has 0 radical (unpaired) electrons. The number of aryl methyl sites for hydroxylation is 2. The van der Waals surface area contributed by atoms with Crippen LogP contribution < -0.4 is 5.32 Å².